The van der Waals surface area contributed by atoms with E-state index in [1.807, 2.05) is 0 Å². The van der Waals surface area contributed by atoms with Gasteiger partial charge in [-0.15, -0.1) is 0 Å². The fourth-order valence-electron chi connectivity index (χ4n) is 0.754. The summed E-state index contributed by atoms with van der Waals surface area (Å²) in [4.78, 5) is 18.7. The Labute approximate surface area is 86.5 Å². The largest absolute Gasteiger partial charge is 0.481 e. The second kappa shape index (κ2) is 6.50. The molecule has 1 aromatic rings. The van der Waals surface area contributed by atoms with Crippen molar-refractivity contribution in [1.82, 2.24) is 0 Å². The van der Waals surface area contributed by atoms with E-state index in [2.05, 4.69) is 0 Å². The van der Waals surface area contributed by atoms with Gasteiger partial charge in [0.2, 0.25) is 0 Å². The molecule has 0 atom stereocenters. The van der Waals surface area contributed by atoms with Crippen molar-refractivity contribution in [2.75, 3.05) is 0 Å². The molecule has 0 aliphatic heterocycles. The lowest BCUT2D eigenvalue weighted by Gasteiger charge is -1.93. The molecule has 82 valence electrons. The first kappa shape index (κ1) is 13.1. The van der Waals surface area contributed by atoms with Gasteiger partial charge in [0.15, 0.2) is 0 Å². The maximum Gasteiger partial charge on any atom is 0.300 e. The van der Waals surface area contributed by atoms with Crippen LogP contribution in [0.2, 0.25) is 0 Å². The van der Waals surface area contributed by atoms with Crippen LogP contribution in [0.25, 0.3) is 0 Å². The van der Waals surface area contributed by atoms with Crippen molar-refractivity contribution in [3.63, 3.8) is 0 Å². The predicted octanol–water partition coefficient (Wildman–Crippen LogP) is 1.14. The second-order valence-corrected chi connectivity index (χ2v) is 2.65. The zero-order chi connectivity index (χ0) is 11.8. The summed E-state index contributed by atoms with van der Waals surface area (Å²) in [6.07, 6.45) is 0. The highest BCUT2D eigenvalue weighted by atomic mass is 16.6. The minimum atomic E-state index is -0.833. The Morgan fingerprint density at radius 3 is 2.13 bits per heavy atom. The molecule has 0 amide bonds. The van der Waals surface area contributed by atoms with Crippen LogP contribution in [0, 0.1) is 10.1 Å². The molecule has 0 radical (unpaired) electrons. The van der Waals surface area contributed by atoms with Crippen molar-refractivity contribution in [2.45, 2.75) is 13.5 Å². The van der Waals surface area contributed by atoms with E-state index >= 15 is 0 Å². The highest BCUT2D eigenvalue weighted by Crippen LogP contribution is 2.10. The Morgan fingerprint density at radius 2 is 1.87 bits per heavy atom. The molecule has 1 aromatic carbocycles. The van der Waals surface area contributed by atoms with Crippen LogP contribution in [-0.4, -0.2) is 16.0 Å². The molecule has 0 saturated carbocycles. The zero-order valence-electron chi connectivity index (χ0n) is 8.21. The molecule has 0 aliphatic rings. The molecule has 0 saturated heterocycles. The summed E-state index contributed by atoms with van der Waals surface area (Å²) < 4.78 is 0. The van der Waals surface area contributed by atoms with Gasteiger partial charge in [0.1, 0.15) is 0 Å². The number of nitro benzene ring substituents is 1. The lowest BCUT2D eigenvalue weighted by Crippen LogP contribution is -1.96. The topological polar surface area (TPSA) is 106 Å². The summed E-state index contributed by atoms with van der Waals surface area (Å²) in [6.45, 7) is 1.50. The van der Waals surface area contributed by atoms with Crippen molar-refractivity contribution >= 4 is 11.7 Å². The summed E-state index contributed by atoms with van der Waals surface area (Å²) in [6, 6.07) is 6.20. The monoisotopic (exact) mass is 212 g/mol. The maximum atomic E-state index is 10.2. The van der Waals surface area contributed by atoms with E-state index in [9.17, 15) is 10.1 Å². The number of hydrogen-bond donors (Lipinski definition) is 2. The van der Waals surface area contributed by atoms with E-state index < -0.39 is 10.9 Å². The number of carboxylic acid groups (broad SMARTS) is 1. The number of carbonyl (C=O) groups is 1. The third kappa shape index (κ3) is 6.17. The summed E-state index contributed by atoms with van der Waals surface area (Å²) in [5.74, 6) is -0.833. The minimum Gasteiger partial charge on any atom is -0.481 e. The van der Waals surface area contributed by atoms with Gasteiger partial charge in [0, 0.05) is 25.6 Å². The molecule has 0 unspecified atom stereocenters. The third-order valence-corrected chi connectivity index (χ3v) is 1.38. The molecule has 0 bridgehead atoms. The molecule has 1 rings (SSSR count). The smallest absolute Gasteiger partial charge is 0.300 e. The standard InChI is InChI=1S/C7H8N2O2.C2H4O2/c8-5-6-1-3-7(4-2-6)9(10)11;1-2(3)4/h1-4H,5,8H2;1H3,(H,3,4). The maximum absolute atomic E-state index is 10.2. The number of aliphatic carboxylic acids is 1. The van der Waals surface area contributed by atoms with Crippen LogP contribution >= 0.6 is 0 Å². The number of nitrogens with two attached hydrogens (primary N) is 1. The molecule has 0 heterocycles. The first-order valence-electron chi connectivity index (χ1n) is 4.10. The first-order valence-corrected chi connectivity index (χ1v) is 4.10. The highest BCUT2D eigenvalue weighted by molar-refractivity contribution is 5.62. The quantitative estimate of drug-likeness (QED) is 0.564. The molecule has 6 heteroatoms. The zero-order valence-corrected chi connectivity index (χ0v) is 8.21. The molecule has 0 spiro atoms. The van der Waals surface area contributed by atoms with Crippen LogP contribution in [0.15, 0.2) is 24.3 Å². The molecular formula is C9H12N2O4. The fourth-order valence-corrected chi connectivity index (χ4v) is 0.754. The summed E-state index contributed by atoms with van der Waals surface area (Å²) in [5, 5.41) is 17.6. The van der Waals surface area contributed by atoms with Crippen molar-refractivity contribution in [3.8, 4) is 0 Å². The van der Waals surface area contributed by atoms with Crippen LogP contribution in [0.4, 0.5) is 5.69 Å². The van der Waals surface area contributed by atoms with Gasteiger partial charge in [0.25, 0.3) is 11.7 Å². The van der Waals surface area contributed by atoms with Crippen molar-refractivity contribution in [3.05, 3.63) is 39.9 Å². The second-order valence-electron chi connectivity index (χ2n) is 2.65. The van der Waals surface area contributed by atoms with Gasteiger partial charge in [-0.25, -0.2) is 0 Å². The van der Waals surface area contributed by atoms with Gasteiger partial charge in [-0.3, -0.25) is 14.9 Å². The first-order chi connectivity index (χ1) is 6.97. The van der Waals surface area contributed by atoms with Crippen molar-refractivity contribution in [2.24, 2.45) is 5.73 Å². The van der Waals surface area contributed by atoms with E-state index in [0.29, 0.717) is 6.54 Å². The molecule has 3 N–H and O–H groups in total. The molecule has 0 fully saturated rings. The fraction of sp³-hybridized carbons (Fsp3) is 0.222. The number of benzene rings is 1. The van der Waals surface area contributed by atoms with E-state index in [4.69, 9.17) is 15.6 Å². The van der Waals surface area contributed by atoms with E-state index in [0.717, 1.165) is 12.5 Å². The third-order valence-electron chi connectivity index (χ3n) is 1.38. The molecule has 15 heavy (non-hydrogen) atoms. The molecular weight excluding hydrogens is 200 g/mol. The normalized spacial score (nSPS) is 8.67. The van der Waals surface area contributed by atoms with Gasteiger partial charge >= 0.3 is 0 Å². The summed E-state index contributed by atoms with van der Waals surface area (Å²) >= 11 is 0. The van der Waals surface area contributed by atoms with E-state index in [1.165, 1.54) is 12.1 Å². The van der Waals surface area contributed by atoms with Crippen LogP contribution in [0.5, 0.6) is 0 Å². The van der Waals surface area contributed by atoms with Crippen molar-refractivity contribution < 1.29 is 14.8 Å². The Morgan fingerprint density at radius 1 is 1.47 bits per heavy atom. The van der Waals surface area contributed by atoms with Crippen LogP contribution in [0.3, 0.4) is 0 Å². The molecule has 6 nitrogen and oxygen atoms in total. The van der Waals surface area contributed by atoms with Crippen LogP contribution < -0.4 is 5.73 Å². The summed E-state index contributed by atoms with van der Waals surface area (Å²) in [7, 11) is 0. The highest BCUT2D eigenvalue weighted by Gasteiger charge is 2.01. The summed E-state index contributed by atoms with van der Waals surface area (Å²) in [5.41, 5.74) is 6.30. The van der Waals surface area contributed by atoms with Crippen LogP contribution in [-0.2, 0) is 11.3 Å². The average molecular weight is 212 g/mol. The minimum absolute atomic E-state index is 0.0993. The number of hydrogen-bond acceptors (Lipinski definition) is 4. The predicted molar refractivity (Wildman–Crippen MR) is 54.3 cm³/mol. The Bertz CT molecular complexity index is 330. The van der Waals surface area contributed by atoms with Crippen LogP contribution in [0.1, 0.15) is 12.5 Å². The SMILES string of the molecule is CC(=O)O.NCc1ccc([N+](=O)[O-])cc1. The van der Waals surface area contributed by atoms with Gasteiger partial charge in [0.05, 0.1) is 4.92 Å². The van der Waals surface area contributed by atoms with Gasteiger partial charge in [-0.05, 0) is 5.56 Å². The van der Waals surface area contributed by atoms with E-state index in [-0.39, 0.29) is 5.69 Å². The lowest BCUT2D eigenvalue weighted by atomic mass is 10.2. The Hall–Kier alpha value is -1.95. The van der Waals surface area contributed by atoms with Crippen molar-refractivity contribution in [1.29, 1.82) is 0 Å². The molecule has 0 aliphatic carbocycles. The number of rotatable bonds is 2. The number of nitro groups is 1. The molecule has 0 aromatic heterocycles. The number of carboxylic acids is 1. The van der Waals surface area contributed by atoms with Gasteiger partial charge in [-0.2, -0.15) is 0 Å². The average Bonchev–Trinajstić information content (AvgIpc) is 2.17. The van der Waals surface area contributed by atoms with Gasteiger partial charge in [-0.1, -0.05) is 12.1 Å². The van der Waals surface area contributed by atoms with Gasteiger partial charge < -0.3 is 10.8 Å². The number of non-ortho nitro benzene ring substituents is 1. The number of nitrogens with zero attached hydrogens (tertiary/aromatic N) is 1. The Kier molecular flexibility index (Phi) is 5.65. The Balaban J connectivity index is 0.000000423. The lowest BCUT2D eigenvalue weighted by molar-refractivity contribution is -0.384. The van der Waals surface area contributed by atoms with E-state index in [1.54, 1.807) is 12.1 Å².